The van der Waals surface area contributed by atoms with E-state index in [0.29, 0.717) is 13.0 Å². The molecule has 1 heterocycles. The van der Waals surface area contributed by atoms with Crippen LogP contribution in [0.2, 0.25) is 0 Å². The van der Waals surface area contributed by atoms with Gasteiger partial charge in [0, 0.05) is 37.1 Å². The first-order chi connectivity index (χ1) is 10.1. The third-order valence-electron chi connectivity index (χ3n) is 3.90. The summed E-state index contributed by atoms with van der Waals surface area (Å²) in [5.74, 6) is 2.03. The summed E-state index contributed by atoms with van der Waals surface area (Å²) < 4.78 is 13.0. The molecule has 116 valence electrons. The van der Waals surface area contributed by atoms with Crippen LogP contribution in [-0.4, -0.2) is 41.4 Å². The van der Waals surface area contributed by atoms with Crippen LogP contribution in [0.5, 0.6) is 0 Å². The van der Waals surface area contributed by atoms with Crippen LogP contribution in [0.3, 0.4) is 0 Å². The lowest BCUT2D eigenvalue weighted by atomic mass is 10.1. The topological polar surface area (TPSA) is 32.3 Å². The minimum Gasteiger partial charge on any atom is -0.336 e. The van der Waals surface area contributed by atoms with Gasteiger partial charge in [-0.05, 0) is 31.5 Å². The zero-order valence-electron chi connectivity index (χ0n) is 12.6. The Balaban J connectivity index is 1.99. The Kier molecular flexibility index (Phi) is 6.06. The van der Waals surface area contributed by atoms with Gasteiger partial charge in [0.15, 0.2) is 0 Å². The number of nitrogens with zero attached hydrogens (tertiary/aromatic N) is 1. The smallest absolute Gasteiger partial charge is 0.224 e. The van der Waals surface area contributed by atoms with Crippen LogP contribution in [-0.2, 0) is 4.79 Å². The third kappa shape index (κ3) is 4.45. The van der Waals surface area contributed by atoms with Crippen molar-refractivity contribution in [2.45, 2.75) is 32.4 Å². The van der Waals surface area contributed by atoms with E-state index >= 15 is 0 Å². The summed E-state index contributed by atoms with van der Waals surface area (Å²) in [5.41, 5.74) is 0.970. The van der Waals surface area contributed by atoms with Gasteiger partial charge in [-0.25, -0.2) is 4.39 Å². The lowest BCUT2D eigenvalue weighted by molar-refractivity contribution is -0.133. The summed E-state index contributed by atoms with van der Waals surface area (Å²) in [6.07, 6.45) is 0.534. The van der Waals surface area contributed by atoms with E-state index in [-0.39, 0.29) is 23.8 Å². The van der Waals surface area contributed by atoms with Gasteiger partial charge in [-0.1, -0.05) is 12.1 Å². The quantitative estimate of drug-likeness (QED) is 0.907. The van der Waals surface area contributed by atoms with Crippen molar-refractivity contribution >= 4 is 17.7 Å². The molecule has 0 spiro atoms. The van der Waals surface area contributed by atoms with Gasteiger partial charge < -0.3 is 10.2 Å². The fourth-order valence-corrected chi connectivity index (χ4v) is 3.62. The van der Waals surface area contributed by atoms with Crippen molar-refractivity contribution < 1.29 is 9.18 Å². The Morgan fingerprint density at radius 2 is 2.19 bits per heavy atom. The minimum absolute atomic E-state index is 0.0284. The summed E-state index contributed by atoms with van der Waals surface area (Å²) in [4.78, 5) is 14.4. The molecule has 1 N–H and O–H groups in total. The maximum Gasteiger partial charge on any atom is 0.224 e. The van der Waals surface area contributed by atoms with Crippen molar-refractivity contribution in [1.29, 1.82) is 0 Å². The number of amides is 1. The average molecular weight is 310 g/mol. The molecule has 3 nitrogen and oxygen atoms in total. The minimum atomic E-state index is -0.247. The zero-order valence-corrected chi connectivity index (χ0v) is 13.5. The summed E-state index contributed by atoms with van der Waals surface area (Å²) in [5, 5.41) is 3.40. The van der Waals surface area contributed by atoms with Crippen LogP contribution in [0.4, 0.5) is 4.39 Å². The van der Waals surface area contributed by atoms with Crippen molar-refractivity contribution in [3.63, 3.8) is 0 Å². The molecule has 0 aliphatic carbocycles. The van der Waals surface area contributed by atoms with Gasteiger partial charge in [0.05, 0.1) is 6.04 Å². The molecule has 1 aromatic rings. The van der Waals surface area contributed by atoms with E-state index in [4.69, 9.17) is 0 Å². The fraction of sp³-hybridized carbons (Fsp3) is 0.562. The molecule has 1 saturated heterocycles. The molecule has 1 aliphatic heterocycles. The Morgan fingerprint density at radius 1 is 1.48 bits per heavy atom. The van der Waals surface area contributed by atoms with Gasteiger partial charge in [-0.2, -0.15) is 11.8 Å². The highest BCUT2D eigenvalue weighted by molar-refractivity contribution is 7.99. The van der Waals surface area contributed by atoms with E-state index < -0.39 is 0 Å². The molecular formula is C16H23FN2OS. The number of benzene rings is 1. The standard InChI is InChI=1S/C16H23FN2OS/c1-3-19(12(2)13-4-6-14(17)7-5-13)16(20)10-15-11-21-9-8-18-15/h4-7,12,15,18H,3,8-11H2,1-2H3. The summed E-state index contributed by atoms with van der Waals surface area (Å²) >= 11 is 1.90. The normalized spacial score (nSPS) is 20.0. The number of hydrogen-bond acceptors (Lipinski definition) is 3. The van der Waals surface area contributed by atoms with Crippen molar-refractivity contribution in [3.05, 3.63) is 35.6 Å². The van der Waals surface area contributed by atoms with Gasteiger partial charge in [0.25, 0.3) is 0 Å². The first kappa shape index (κ1) is 16.3. The molecule has 0 saturated carbocycles. The summed E-state index contributed by atoms with van der Waals surface area (Å²) in [7, 11) is 0. The van der Waals surface area contributed by atoms with Gasteiger partial charge in [0.2, 0.25) is 5.91 Å². The Labute approximate surface area is 130 Å². The van der Waals surface area contributed by atoms with Crippen LogP contribution in [0, 0.1) is 5.82 Å². The highest BCUT2D eigenvalue weighted by Crippen LogP contribution is 2.22. The lowest BCUT2D eigenvalue weighted by Gasteiger charge is -2.31. The fourth-order valence-electron chi connectivity index (χ4n) is 2.67. The summed E-state index contributed by atoms with van der Waals surface area (Å²) in [6, 6.07) is 6.65. The van der Waals surface area contributed by atoms with Gasteiger partial charge in [-0.3, -0.25) is 4.79 Å². The number of rotatable bonds is 5. The maximum atomic E-state index is 13.0. The molecule has 0 aromatic heterocycles. The van der Waals surface area contributed by atoms with Crippen molar-refractivity contribution in [3.8, 4) is 0 Å². The molecule has 1 amide bonds. The lowest BCUT2D eigenvalue weighted by Crippen LogP contribution is -2.43. The Hall–Kier alpha value is -1.07. The van der Waals surface area contributed by atoms with E-state index in [2.05, 4.69) is 5.32 Å². The van der Waals surface area contributed by atoms with Crippen LogP contribution in [0.15, 0.2) is 24.3 Å². The third-order valence-corrected chi connectivity index (χ3v) is 5.03. The SMILES string of the molecule is CCN(C(=O)CC1CSCCN1)C(C)c1ccc(F)cc1. The molecule has 5 heteroatoms. The molecule has 2 atom stereocenters. The van der Waals surface area contributed by atoms with Crippen LogP contribution in [0.25, 0.3) is 0 Å². The van der Waals surface area contributed by atoms with Gasteiger partial charge in [-0.15, -0.1) is 0 Å². The Morgan fingerprint density at radius 3 is 2.76 bits per heavy atom. The van der Waals surface area contributed by atoms with Crippen molar-refractivity contribution in [2.75, 3.05) is 24.6 Å². The average Bonchev–Trinajstić information content (AvgIpc) is 2.49. The van der Waals surface area contributed by atoms with Gasteiger partial charge in [0.1, 0.15) is 5.82 Å². The van der Waals surface area contributed by atoms with E-state index in [0.717, 1.165) is 23.6 Å². The molecule has 21 heavy (non-hydrogen) atoms. The zero-order chi connectivity index (χ0) is 15.2. The number of hydrogen-bond donors (Lipinski definition) is 1. The number of carbonyl (C=O) groups excluding carboxylic acids is 1. The highest BCUT2D eigenvalue weighted by atomic mass is 32.2. The van der Waals surface area contributed by atoms with E-state index in [1.165, 1.54) is 12.1 Å². The molecule has 1 fully saturated rings. The van der Waals surface area contributed by atoms with E-state index in [1.807, 2.05) is 30.5 Å². The number of thioether (sulfide) groups is 1. The largest absolute Gasteiger partial charge is 0.336 e. The second-order valence-electron chi connectivity index (χ2n) is 5.34. The monoisotopic (exact) mass is 310 g/mol. The second-order valence-corrected chi connectivity index (χ2v) is 6.49. The predicted molar refractivity (Wildman–Crippen MR) is 85.9 cm³/mol. The van der Waals surface area contributed by atoms with Crippen LogP contribution >= 0.6 is 11.8 Å². The molecule has 0 radical (unpaired) electrons. The van der Waals surface area contributed by atoms with Crippen LogP contribution in [0.1, 0.15) is 31.9 Å². The first-order valence-corrected chi connectivity index (χ1v) is 8.63. The van der Waals surface area contributed by atoms with E-state index in [9.17, 15) is 9.18 Å². The van der Waals surface area contributed by atoms with Gasteiger partial charge >= 0.3 is 0 Å². The molecule has 2 unspecified atom stereocenters. The predicted octanol–water partition coefficient (Wildman–Crippen LogP) is 2.83. The van der Waals surface area contributed by atoms with Crippen molar-refractivity contribution in [1.82, 2.24) is 10.2 Å². The van der Waals surface area contributed by atoms with Crippen molar-refractivity contribution in [2.24, 2.45) is 0 Å². The molecule has 1 aromatic carbocycles. The highest BCUT2D eigenvalue weighted by Gasteiger charge is 2.24. The van der Waals surface area contributed by atoms with Crippen LogP contribution < -0.4 is 5.32 Å². The number of carbonyl (C=O) groups is 1. The Bertz CT molecular complexity index is 460. The van der Waals surface area contributed by atoms with E-state index in [1.54, 1.807) is 12.1 Å². The molecular weight excluding hydrogens is 287 g/mol. The molecule has 1 aliphatic rings. The first-order valence-electron chi connectivity index (χ1n) is 7.48. The number of nitrogens with one attached hydrogen (secondary N) is 1. The molecule has 2 rings (SSSR count). The second kappa shape index (κ2) is 7.80. The molecule has 0 bridgehead atoms. The maximum absolute atomic E-state index is 13.0. The summed E-state index contributed by atoms with van der Waals surface area (Å²) in [6.45, 7) is 5.62. The number of halogens is 1.